The molecule has 2 aromatic heterocycles. The normalized spacial score (nSPS) is 10.9. The van der Waals surface area contributed by atoms with Crippen molar-refractivity contribution >= 4 is 45.9 Å². The monoisotopic (exact) mass is 496 g/mol. The van der Waals surface area contributed by atoms with Gasteiger partial charge in [0.15, 0.2) is 9.50 Å². The number of hydrogen-bond donors (Lipinski definition) is 1. The number of anilines is 1. The molecule has 1 amide bonds. The van der Waals surface area contributed by atoms with Gasteiger partial charge in [-0.25, -0.2) is 0 Å². The number of carbonyl (C=O) groups is 1. The number of aromatic nitrogens is 5. The van der Waals surface area contributed by atoms with Gasteiger partial charge >= 0.3 is 0 Å². The molecule has 0 aliphatic heterocycles. The largest absolute Gasteiger partial charge is 0.300 e. The van der Waals surface area contributed by atoms with Crippen molar-refractivity contribution in [1.29, 1.82) is 0 Å². The number of rotatable bonds is 11. The Labute approximate surface area is 205 Å². The first kappa shape index (κ1) is 23.5. The van der Waals surface area contributed by atoms with Crippen LogP contribution in [0.2, 0.25) is 0 Å². The molecule has 2 aromatic carbocycles. The summed E-state index contributed by atoms with van der Waals surface area (Å²) in [6.45, 7) is 2.04. The Morgan fingerprint density at radius 3 is 2.48 bits per heavy atom. The van der Waals surface area contributed by atoms with Crippen LogP contribution in [0.15, 0.2) is 70.2 Å². The summed E-state index contributed by atoms with van der Waals surface area (Å²) < 4.78 is 2.86. The van der Waals surface area contributed by atoms with E-state index in [1.807, 2.05) is 47.9 Å². The molecule has 0 radical (unpaired) electrons. The molecule has 0 saturated heterocycles. The summed E-state index contributed by atoms with van der Waals surface area (Å²) in [6, 6.07) is 20.4. The number of amides is 1. The first-order chi connectivity index (χ1) is 16.2. The Bertz CT molecular complexity index is 1160. The fraction of sp³-hybridized carbons (Fsp3) is 0.261. The van der Waals surface area contributed by atoms with Crippen LogP contribution in [-0.2, 0) is 17.6 Å². The van der Waals surface area contributed by atoms with Crippen LogP contribution in [-0.4, -0.2) is 42.4 Å². The first-order valence-corrected chi connectivity index (χ1v) is 13.4. The van der Waals surface area contributed by atoms with E-state index in [0.29, 0.717) is 10.3 Å². The number of hydrogen-bond acceptors (Lipinski definition) is 8. The van der Waals surface area contributed by atoms with E-state index in [1.165, 1.54) is 28.7 Å². The molecule has 1 N–H and O–H groups in total. The third kappa shape index (κ3) is 6.66. The van der Waals surface area contributed by atoms with Crippen LogP contribution in [0.1, 0.15) is 24.7 Å². The molecule has 0 aliphatic rings. The highest BCUT2D eigenvalue weighted by Crippen LogP contribution is 2.27. The van der Waals surface area contributed by atoms with E-state index < -0.39 is 0 Å². The maximum atomic E-state index is 12.5. The lowest BCUT2D eigenvalue weighted by atomic mass is 10.1. The maximum Gasteiger partial charge on any atom is 0.236 e. The highest BCUT2D eigenvalue weighted by atomic mass is 32.2. The molecule has 0 spiro atoms. The lowest BCUT2D eigenvalue weighted by Gasteiger charge is -2.08. The van der Waals surface area contributed by atoms with Crippen LogP contribution in [0.4, 0.5) is 5.13 Å². The SMILES string of the molecule is CCc1nnc(SCC(=O)Nc2nnc(SCCCc3ccccc3)s2)n1-c1ccccc1. The topological polar surface area (TPSA) is 85.6 Å². The van der Waals surface area contributed by atoms with Gasteiger partial charge in [-0.1, -0.05) is 90.3 Å². The number of nitrogens with zero attached hydrogens (tertiary/aromatic N) is 5. The van der Waals surface area contributed by atoms with E-state index in [4.69, 9.17) is 0 Å². The average molecular weight is 497 g/mol. The summed E-state index contributed by atoms with van der Waals surface area (Å²) in [5.41, 5.74) is 2.33. The molecule has 0 unspecified atom stereocenters. The Balaban J connectivity index is 1.25. The number of benzene rings is 2. The lowest BCUT2D eigenvalue weighted by molar-refractivity contribution is -0.113. The van der Waals surface area contributed by atoms with Gasteiger partial charge in [0, 0.05) is 17.9 Å². The first-order valence-electron chi connectivity index (χ1n) is 10.7. The second kappa shape index (κ2) is 12.0. The summed E-state index contributed by atoms with van der Waals surface area (Å²) in [6.07, 6.45) is 2.86. The van der Waals surface area contributed by atoms with Crippen molar-refractivity contribution in [2.45, 2.75) is 35.7 Å². The van der Waals surface area contributed by atoms with Gasteiger partial charge in [0.25, 0.3) is 0 Å². The van der Waals surface area contributed by atoms with Crippen LogP contribution >= 0.6 is 34.9 Å². The van der Waals surface area contributed by atoms with E-state index in [1.54, 1.807) is 11.8 Å². The molecule has 0 atom stereocenters. The van der Waals surface area contributed by atoms with Crippen LogP contribution in [0.3, 0.4) is 0 Å². The minimum atomic E-state index is -0.141. The fourth-order valence-electron chi connectivity index (χ4n) is 3.14. The van der Waals surface area contributed by atoms with Gasteiger partial charge in [0.2, 0.25) is 11.0 Å². The quantitative estimate of drug-likeness (QED) is 0.175. The van der Waals surface area contributed by atoms with Crippen molar-refractivity contribution in [3.63, 3.8) is 0 Å². The molecule has 0 aliphatic carbocycles. The zero-order valence-corrected chi connectivity index (χ0v) is 20.6. The maximum absolute atomic E-state index is 12.5. The second-order valence-electron chi connectivity index (χ2n) is 7.07. The van der Waals surface area contributed by atoms with Crippen molar-refractivity contribution in [1.82, 2.24) is 25.0 Å². The molecule has 0 fully saturated rings. The number of para-hydroxylation sites is 1. The number of aryl methyl sites for hydroxylation is 2. The summed E-state index contributed by atoms with van der Waals surface area (Å²) in [5.74, 6) is 1.90. The molecule has 2 heterocycles. The van der Waals surface area contributed by atoms with Crippen molar-refractivity contribution in [2.75, 3.05) is 16.8 Å². The van der Waals surface area contributed by atoms with Crippen molar-refractivity contribution in [2.24, 2.45) is 0 Å². The fourth-order valence-corrected chi connectivity index (χ4v) is 5.69. The molecule has 170 valence electrons. The third-order valence-electron chi connectivity index (χ3n) is 4.69. The summed E-state index contributed by atoms with van der Waals surface area (Å²) >= 11 is 4.43. The molecule has 33 heavy (non-hydrogen) atoms. The van der Waals surface area contributed by atoms with Crippen LogP contribution < -0.4 is 5.32 Å². The molecular weight excluding hydrogens is 472 g/mol. The smallest absolute Gasteiger partial charge is 0.236 e. The van der Waals surface area contributed by atoms with Gasteiger partial charge in [-0.2, -0.15) is 0 Å². The van der Waals surface area contributed by atoms with Gasteiger partial charge in [-0.15, -0.1) is 20.4 Å². The predicted molar refractivity (Wildman–Crippen MR) is 135 cm³/mol. The van der Waals surface area contributed by atoms with Gasteiger partial charge in [-0.3, -0.25) is 14.7 Å². The molecule has 4 rings (SSSR count). The van der Waals surface area contributed by atoms with E-state index in [9.17, 15) is 4.79 Å². The Morgan fingerprint density at radius 2 is 1.73 bits per heavy atom. The van der Waals surface area contributed by atoms with E-state index in [2.05, 4.69) is 50.0 Å². The highest BCUT2D eigenvalue weighted by Gasteiger charge is 2.15. The number of thioether (sulfide) groups is 2. The lowest BCUT2D eigenvalue weighted by Crippen LogP contribution is -2.14. The number of carbonyl (C=O) groups excluding carboxylic acids is 1. The Morgan fingerprint density at radius 1 is 0.970 bits per heavy atom. The van der Waals surface area contributed by atoms with Crippen LogP contribution in [0, 0.1) is 0 Å². The van der Waals surface area contributed by atoms with Crippen molar-refractivity contribution in [3.05, 3.63) is 72.1 Å². The molecule has 7 nitrogen and oxygen atoms in total. The van der Waals surface area contributed by atoms with Crippen molar-refractivity contribution in [3.8, 4) is 5.69 Å². The third-order valence-corrected chi connectivity index (χ3v) is 7.68. The van der Waals surface area contributed by atoms with E-state index in [-0.39, 0.29) is 11.7 Å². The minimum absolute atomic E-state index is 0.141. The second-order valence-corrected chi connectivity index (χ2v) is 10.3. The summed E-state index contributed by atoms with van der Waals surface area (Å²) in [4.78, 5) is 12.5. The molecule has 10 heteroatoms. The Hall–Kier alpha value is -2.69. The predicted octanol–water partition coefficient (Wildman–Crippen LogP) is 5.14. The van der Waals surface area contributed by atoms with Gasteiger partial charge in [0.1, 0.15) is 5.82 Å². The van der Waals surface area contributed by atoms with Gasteiger partial charge < -0.3 is 0 Å². The molecule has 0 saturated carbocycles. The molecule has 4 aromatic rings. The molecular formula is C23H24N6OS3. The zero-order chi connectivity index (χ0) is 22.9. The van der Waals surface area contributed by atoms with E-state index in [0.717, 1.165) is 40.9 Å². The Kier molecular flexibility index (Phi) is 8.51. The average Bonchev–Trinajstić information content (AvgIpc) is 3.48. The zero-order valence-electron chi connectivity index (χ0n) is 18.2. The van der Waals surface area contributed by atoms with Gasteiger partial charge in [-0.05, 0) is 30.5 Å². The van der Waals surface area contributed by atoms with Crippen molar-refractivity contribution < 1.29 is 4.79 Å². The minimum Gasteiger partial charge on any atom is -0.300 e. The van der Waals surface area contributed by atoms with Crippen LogP contribution in [0.25, 0.3) is 5.69 Å². The van der Waals surface area contributed by atoms with Crippen LogP contribution in [0.5, 0.6) is 0 Å². The van der Waals surface area contributed by atoms with Gasteiger partial charge in [0.05, 0.1) is 5.75 Å². The summed E-state index contributed by atoms with van der Waals surface area (Å²) in [7, 11) is 0. The van der Waals surface area contributed by atoms with E-state index >= 15 is 0 Å². The molecule has 0 bridgehead atoms. The highest BCUT2D eigenvalue weighted by molar-refractivity contribution is 8.01. The number of nitrogens with one attached hydrogen (secondary N) is 1. The summed E-state index contributed by atoms with van der Waals surface area (Å²) in [5, 5.41) is 20.9. The standard InChI is InChI=1S/C23H24N6OS3/c1-2-19-25-27-22(29(19)18-13-7-4-8-14-18)32-16-20(30)24-21-26-28-23(33-21)31-15-9-12-17-10-5-3-6-11-17/h3-8,10-11,13-14H,2,9,12,15-16H2,1H3,(H,24,26,30).